The van der Waals surface area contributed by atoms with Crippen LogP contribution in [0.5, 0.6) is 5.75 Å². The molecule has 0 atom stereocenters. The third-order valence-corrected chi connectivity index (χ3v) is 6.44. The molecule has 1 aromatic heterocycles. The van der Waals surface area contributed by atoms with Gasteiger partial charge >= 0.3 is 0 Å². The number of ether oxygens (including phenoxy) is 1. The highest BCUT2D eigenvalue weighted by Crippen LogP contribution is 2.22. The monoisotopic (exact) mass is 425 g/mol. The third kappa shape index (κ3) is 4.77. The number of nitrogens with zero attached hydrogens (tertiary/aromatic N) is 2. The summed E-state index contributed by atoms with van der Waals surface area (Å²) in [5.74, 6) is 0.390. The number of carbonyl (C=O) groups is 1. The molecule has 0 spiro atoms. The number of hydrogen-bond donors (Lipinski definition) is 1. The van der Waals surface area contributed by atoms with E-state index in [1.165, 1.54) is 25.5 Å². The Balaban J connectivity index is 1.74. The molecule has 2 aromatic carbocycles. The number of hydrogen-bond acceptors (Lipinski definition) is 5. The number of anilines is 1. The predicted octanol–water partition coefficient (Wildman–Crippen LogP) is 3.15. The van der Waals surface area contributed by atoms with E-state index in [0.717, 1.165) is 21.2 Å². The molecule has 1 N–H and O–H groups in total. The smallest absolute Gasteiger partial charge is 0.264 e. The van der Waals surface area contributed by atoms with Crippen molar-refractivity contribution in [2.24, 2.45) is 0 Å². The lowest BCUT2D eigenvalue weighted by Crippen LogP contribution is -2.28. The third-order valence-electron chi connectivity index (χ3n) is 4.64. The highest BCUT2D eigenvalue weighted by molar-refractivity contribution is 7.92. The number of benzene rings is 2. The predicted molar refractivity (Wildman–Crippen MR) is 115 cm³/mol. The summed E-state index contributed by atoms with van der Waals surface area (Å²) in [4.78, 5) is 16.7. The van der Waals surface area contributed by atoms with Crippen molar-refractivity contribution < 1.29 is 17.9 Å². The standard InChI is InChI=1S/C22H23N3O4S/c1-16-4-10-21(11-5-16)30(27,28)25(2)19-12-18(14-23-15-19)22(26)24-13-17-6-8-20(29-3)9-7-17/h4-12,14-15H,13H2,1-3H3,(H,24,26). The van der Waals surface area contributed by atoms with Gasteiger partial charge in [-0.3, -0.25) is 14.1 Å². The van der Waals surface area contributed by atoms with Gasteiger partial charge in [0.25, 0.3) is 15.9 Å². The number of rotatable bonds is 7. The van der Waals surface area contributed by atoms with Crippen molar-refractivity contribution in [3.8, 4) is 5.75 Å². The number of methoxy groups -OCH3 is 1. The van der Waals surface area contributed by atoms with E-state index in [0.29, 0.717) is 12.2 Å². The number of carbonyl (C=O) groups excluding carboxylic acids is 1. The van der Waals surface area contributed by atoms with Gasteiger partial charge in [-0.15, -0.1) is 0 Å². The highest BCUT2D eigenvalue weighted by Gasteiger charge is 2.22. The van der Waals surface area contributed by atoms with Gasteiger partial charge in [-0.2, -0.15) is 0 Å². The first-order valence-corrected chi connectivity index (χ1v) is 10.7. The molecule has 0 aliphatic carbocycles. The Hall–Kier alpha value is -3.39. The van der Waals surface area contributed by atoms with Crippen molar-refractivity contribution in [1.82, 2.24) is 10.3 Å². The van der Waals surface area contributed by atoms with Crippen molar-refractivity contribution in [2.45, 2.75) is 18.4 Å². The molecule has 0 bridgehead atoms. The molecule has 1 amide bonds. The topological polar surface area (TPSA) is 88.6 Å². The van der Waals surface area contributed by atoms with E-state index in [-0.39, 0.29) is 16.4 Å². The van der Waals surface area contributed by atoms with Crippen LogP contribution in [0.3, 0.4) is 0 Å². The Morgan fingerprint density at radius 2 is 1.73 bits per heavy atom. The van der Waals surface area contributed by atoms with Gasteiger partial charge in [0.15, 0.2) is 0 Å². The average molecular weight is 426 g/mol. The molecule has 7 nitrogen and oxygen atoms in total. The SMILES string of the molecule is COc1ccc(CNC(=O)c2cncc(N(C)S(=O)(=O)c3ccc(C)cc3)c2)cc1. The zero-order valence-corrected chi connectivity index (χ0v) is 17.8. The van der Waals surface area contributed by atoms with Crippen LogP contribution in [0.4, 0.5) is 5.69 Å². The zero-order chi connectivity index (χ0) is 21.7. The Morgan fingerprint density at radius 3 is 2.37 bits per heavy atom. The van der Waals surface area contributed by atoms with E-state index < -0.39 is 10.0 Å². The first kappa shape index (κ1) is 21.3. The van der Waals surface area contributed by atoms with Gasteiger partial charge in [0.05, 0.1) is 29.5 Å². The Kier molecular flexibility index (Phi) is 6.37. The van der Waals surface area contributed by atoms with Gasteiger partial charge in [-0.25, -0.2) is 8.42 Å². The van der Waals surface area contributed by atoms with Crippen LogP contribution < -0.4 is 14.4 Å². The maximum atomic E-state index is 12.9. The van der Waals surface area contributed by atoms with Gasteiger partial charge in [0, 0.05) is 19.8 Å². The van der Waals surface area contributed by atoms with Crippen LogP contribution in [-0.2, 0) is 16.6 Å². The van der Waals surface area contributed by atoms with Crippen molar-refractivity contribution in [2.75, 3.05) is 18.5 Å². The van der Waals surface area contributed by atoms with Gasteiger partial charge < -0.3 is 10.1 Å². The first-order chi connectivity index (χ1) is 14.3. The summed E-state index contributed by atoms with van der Waals surface area (Å²) in [5, 5.41) is 2.81. The molecule has 0 saturated carbocycles. The van der Waals surface area contributed by atoms with Crippen molar-refractivity contribution in [3.05, 3.63) is 83.7 Å². The van der Waals surface area contributed by atoms with E-state index in [1.807, 2.05) is 31.2 Å². The molecule has 1 heterocycles. The summed E-state index contributed by atoms with van der Waals surface area (Å²) in [6.45, 7) is 2.21. The number of nitrogens with one attached hydrogen (secondary N) is 1. The summed E-state index contributed by atoms with van der Waals surface area (Å²) in [7, 11) is -0.738. The fourth-order valence-electron chi connectivity index (χ4n) is 2.76. The lowest BCUT2D eigenvalue weighted by Gasteiger charge is -2.19. The molecule has 0 fully saturated rings. The molecule has 30 heavy (non-hydrogen) atoms. The van der Waals surface area contributed by atoms with E-state index >= 15 is 0 Å². The average Bonchev–Trinajstić information content (AvgIpc) is 2.77. The van der Waals surface area contributed by atoms with E-state index in [2.05, 4.69) is 10.3 Å². The van der Waals surface area contributed by atoms with E-state index in [9.17, 15) is 13.2 Å². The summed E-state index contributed by atoms with van der Waals surface area (Å²) in [6.07, 6.45) is 2.81. The van der Waals surface area contributed by atoms with Crippen LogP contribution in [0.2, 0.25) is 0 Å². The molecule has 0 radical (unpaired) electrons. The summed E-state index contributed by atoms with van der Waals surface area (Å²) >= 11 is 0. The molecule has 0 unspecified atom stereocenters. The van der Waals surface area contributed by atoms with Gasteiger partial charge in [0.1, 0.15) is 5.75 Å². The highest BCUT2D eigenvalue weighted by atomic mass is 32.2. The number of aryl methyl sites for hydroxylation is 1. The van der Waals surface area contributed by atoms with Gasteiger partial charge in [0.2, 0.25) is 0 Å². The first-order valence-electron chi connectivity index (χ1n) is 9.23. The van der Waals surface area contributed by atoms with Crippen LogP contribution in [0.25, 0.3) is 0 Å². The number of pyridine rings is 1. The Morgan fingerprint density at radius 1 is 1.07 bits per heavy atom. The van der Waals surface area contributed by atoms with Gasteiger partial charge in [-0.05, 0) is 42.8 Å². The molecule has 0 saturated heterocycles. The number of sulfonamides is 1. The minimum atomic E-state index is -3.76. The van der Waals surface area contributed by atoms with Crippen molar-refractivity contribution >= 4 is 21.6 Å². The largest absolute Gasteiger partial charge is 0.497 e. The summed E-state index contributed by atoms with van der Waals surface area (Å²) < 4.78 is 32.0. The molecular formula is C22H23N3O4S. The van der Waals surface area contributed by atoms with Crippen LogP contribution in [0.15, 0.2) is 71.9 Å². The second-order valence-corrected chi connectivity index (χ2v) is 8.72. The normalized spacial score (nSPS) is 11.0. The molecule has 8 heteroatoms. The van der Waals surface area contributed by atoms with E-state index in [1.54, 1.807) is 31.4 Å². The van der Waals surface area contributed by atoms with Crippen LogP contribution in [-0.4, -0.2) is 33.5 Å². The number of amides is 1. The molecule has 3 rings (SSSR count). The molecular weight excluding hydrogens is 402 g/mol. The second kappa shape index (κ2) is 8.96. The molecule has 3 aromatic rings. The summed E-state index contributed by atoms with van der Waals surface area (Å²) in [5.41, 5.74) is 2.45. The Bertz CT molecular complexity index is 1130. The maximum Gasteiger partial charge on any atom is 0.264 e. The lowest BCUT2D eigenvalue weighted by atomic mass is 10.2. The number of aromatic nitrogens is 1. The fourth-order valence-corrected chi connectivity index (χ4v) is 3.93. The zero-order valence-electron chi connectivity index (χ0n) is 17.0. The van der Waals surface area contributed by atoms with Crippen molar-refractivity contribution in [1.29, 1.82) is 0 Å². The lowest BCUT2D eigenvalue weighted by molar-refractivity contribution is 0.0950. The fraction of sp³-hybridized carbons (Fsp3) is 0.182. The minimum absolute atomic E-state index is 0.171. The maximum absolute atomic E-state index is 12.9. The summed E-state index contributed by atoms with van der Waals surface area (Å²) in [6, 6.07) is 15.4. The van der Waals surface area contributed by atoms with Gasteiger partial charge in [-0.1, -0.05) is 29.8 Å². The molecule has 0 aliphatic rings. The van der Waals surface area contributed by atoms with Crippen molar-refractivity contribution in [3.63, 3.8) is 0 Å². The van der Waals surface area contributed by atoms with Crippen LogP contribution in [0.1, 0.15) is 21.5 Å². The van der Waals surface area contributed by atoms with Crippen LogP contribution >= 0.6 is 0 Å². The Labute approximate surface area is 176 Å². The van der Waals surface area contributed by atoms with E-state index in [4.69, 9.17) is 4.74 Å². The quantitative estimate of drug-likeness (QED) is 0.628. The van der Waals surface area contributed by atoms with Crippen LogP contribution in [0, 0.1) is 6.92 Å². The minimum Gasteiger partial charge on any atom is -0.497 e. The molecule has 0 aliphatic heterocycles. The molecule has 156 valence electrons. The second-order valence-electron chi connectivity index (χ2n) is 6.75.